The van der Waals surface area contributed by atoms with Gasteiger partial charge in [-0.05, 0) is 54.8 Å². The second-order valence-electron chi connectivity index (χ2n) is 3.59. The number of carbonyl (C=O) groups excluding carboxylic acids is 1. The van der Waals surface area contributed by atoms with Gasteiger partial charge in [0.05, 0.1) is 3.39 Å². The molecular formula is C8H9Br2ClO. The largest absolute Gasteiger partial charge is 0.281 e. The summed E-state index contributed by atoms with van der Waals surface area (Å²) in [5, 5.41) is -0.234. The highest BCUT2D eigenvalue weighted by molar-refractivity contribution is 9.28. The van der Waals surface area contributed by atoms with E-state index >= 15 is 0 Å². The molecule has 0 aromatic heterocycles. The maximum absolute atomic E-state index is 10.9. The van der Waals surface area contributed by atoms with E-state index in [4.69, 9.17) is 11.6 Å². The molecule has 0 unspecified atom stereocenters. The molecule has 0 amide bonds. The molecule has 0 saturated heterocycles. The Balaban J connectivity index is 2.73. The average molecular weight is 316 g/mol. The molecule has 1 nitrogen and oxygen atoms in total. The van der Waals surface area contributed by atoms with Gasteiger partial charge in [-0.3, -0.25) is 4.79 Å². The summed E-state index contributed by atoms with van der Waals surface area (Å²) in [6, 6.07) is 0. The van der Waals surface area contributed by atoms with Crippen molar-refractivity contribution in [3.8, 4) is 0 Å². The zero-order chi connectivity index (χ0) is 9.52. The molecule has 0 heterocycles. The SMILES string of the molecule is CC1(C)[C@H](C=C(Br)Br)[C@@H]1C(=O)Cl. The lowest BCUT2D eigenvalue weighted by molar-refractivity contribution is -0.113. The van der Waals surface area contributed by atoms with Crippen molar-refractivity contribution in [2.24, 2.45) is 17.3 Å². The second-order valence-corrected chi connectivity index (χ2v) is 6.73. The fourth-order valence-corrected chi connectivity index (χ4v) is 2.54. The highest BCUT2D eigenvalue weighted by Gasteiger charge is 2.59. The van der Waals surface area contributed by atoms with E-state index in [1.54, 1.807) is 0 Å². The fourth-order valence-electron chi connectivity index (χ4n) is 1.56. The first-order valence-corrected chi connectivity index (χ1v) is 5.56. The smallest absolute Gasteiger partial charge is 0.225 e. The van der Waals surface area contributed by atoms with Gasteiger partial charge in [0.25, 0.3) is 0 Å². The Morgan fingerprint density at radius 1 is 1.50 bits per heavy atom. The molecule has 0 spiro atoms. The Hall–Kier alpha value is 0.660. The summed E-state index contributed by atoms with van der Waals surface area (Å²) in [6.07, 6.45) is 1.98. The van der Waals surface area contributed by atoms with E-state index < -0.39 is 0 Å². The predicted molar refractivity (Wildman–Crippen MR) is 57.6 cm³/mol. The van der Waals surface area contributed by atoms with Crippen LogP contribution in [0.15, 0.2) is 9.47 Å². The third-order valence-electron chi connectivity index (χ3n) is 2.46. The first-order valence-electron chi connectivity index (χ1n) is 3.59. The molecule has 68 valence electrons. The van der Waals surface area contributed by atoms with Crippen LogP contribution >= 0.6 is 43.5 Å². The maximum atomic E-state index is 10.9. The molecule has 1 aliphatic rings. The van der Waals surface area contributed by atoms with E-state index in [2.05, 4.69) is 31.9 Å². The number of rotatable bonds is 2. The van der Waals surface area contributed by atoms with Gasteiger partial charge in [-0.25, -0.2) is 0 Å². The lowest BCUT2D eigenvalue weighted by Gasteiger charge is -1.96. The van der Waals surface area contributed by atoms with E-state index in [1.807, 2.05) is 19.9 Å². The van der Waals surface area contributed by atoms with Crippen LogP contribution in [0.2, 0.25) is 0 Å². The summed E-state index contributed by atoms with van der Waals surface area (Å²) in [5.41, 5.74) is 0.0195. The van der Waals surface area contributed by atoms with Crippen molar-refractivity contribution in [2.45, 2.75) is 13.8 Å². The number of hydrogen-bond donors (Lipinski definition) is 0. The van der Waals surface area contributed by atoms with Gasteiger partial charge in [0.1, 0.15) is 0 Å². The first-order chi connectivity index (χ1) is 5.37. The summed E-state index contributed by atoms with van der Waals surface area (Å²) in [7, 11) is 0. The third kappa shape index (κ3) is 1.94. The van der Waals surface area contributed by atoms with Gasteiger partial charge in [-0.1, -0.05) is 19.9 Å². The van der Waals surface area contributed by atoms with Crippen molar-refractivity contribution in [2.75, 3.05) is 0 Å². The minimum Gasteiger partial charge on any atom is -0.281 e. The summed E-state index contributed by atoms with van der Waals surface area (Å²) in [4.78, 5) is 10.9. The summed E-state index contributed by atoms with van der Waals surface area (Å²) < 4.78 is 0.883. The summed E-state index contributed by atoms with van der Waals surface area (Å²) in [5.74, 6) is 0.237. The Labute approximate surface area is 93.8 Å². The summed E-state index contributed by atoms with van der Waals surface area (Å²) in [6.45, 7) is 4.09. The van der Waals surface area contributed by atoms with Gasteiger partial charge in [0.2, 0.25) is 5.24 Å². The zero-order valence-corrected chi connectivity index (χ0v) is 10.7. The molecule has 0 aliphatic heterocycles. The molecule has 0 bridgehead atoms. The molecule has 1 aliphatic carbocycles. The van der Waals surface area contributed by atoms with Gasteiger partial charge in [0, 0.05) is 5.92 Å². The minimum atomic E-state index is -0.234. The van der Waals surface area contributed by atoms with E-state index in [0.717, 1.165) is 3.39 Å². The molecule has 0 radical (unpaired) electrons. The van der Waals surface area contributed by atoms with Crippen molar-refractivity contribution < 1.29 is 4.79 Å². The minimum absolute atomic E-state index is 0.0195. The molecule has 1 saturated carbocycles. The normalized spacial score (nSPS) is 31.1. The predicted octanol–water partition coefficient (Wildman–Crippen LogP) is 3.66. The highest BCUT2D eigenvalue weighted by atomic mass is 79.9. The van der Waals surface area contributed by atoms with E-state index in [1.165, 1.54) is 0 Å². The second kappa shape index (κ2) is 3.43. The number of hydrogen-bond acceptors (Lipinski definition) is 1. The van der Waals surface area contributed by atoms with Crippen LogP contribution in [0.3, 0.4) is 0 Å². The van der Waals surface area contributed by atoms with Crippen molar-refractivity contribution in [1.82, 2.24) is 0 Å². The number of carbonyl (C=O) groups is 1. The monoisotopic (exact) mass is 314 g/mol. The van der Waals surface area contributed by atoms with Gasteiger partial charge in [-0.15, -0.1) is 0 Å². The van der Waals surface area contributed by atoms with Crippen molar-refractivity contribution in [3.05, 3.63) is 9.47 Å². The average Bonchev–Trinajstić information content (AvgIpc) is 2.32. The maximum Gasteiger partial charge on any atom is 0.225 e. The standard InChI is InChI=1S/C8H9Br2ClO/c1-8(2)4(3-5(9)10)6(8)7(11)12/h3-4,6H,1-2H3/t4-,6-/m1/s1. The molecule has 2 atom stereocenters. The van der Waals surface area contributed by atoms with Crippen LogP contribution in [0, 0.1) is 17.3 Å². The van der Waals surface area contributed by atoms with Crippen molar-refractivity contribution in [1.29, 1.82) is 0 Å². The van der Waals surface area contributed by atoms with Crippen molar-refractivity contribution >= 4 is 48.7 Å². The van der Waals surface area contributed by atoms with Crippen LogP contribution in [0.5, 0.6) is 0 Å². The van der Waals surface area contributed by atoms with Crippen LogP contribution in [-0.4, -0.2) is 5.24 Å². The molecule has 4 heteroatoms. The van der Waals surface area contributed by atoms with Crippen LogP contribution in [0.25, 0.3) is 0 Å². The summed E-state index contributed by atoms with van der Waals surface area (Å²) >= 11 is 12.0. The van der Waals surface area contributed by atoms with Crippen LogP contribution < -0.4 is 0 Å². The lowest BCUT2D eigenvalue weighted by Crippen LogP contribution is -1.96. The topological polar surface area (TPSA) is 17.1 Å². The van der Waals surface area contributed by atoms with E-state index in [0.29, 0.717) is 0 Å². The van der Waals surface area contributed by atoms with E-state index in [9.17, 15) is 4.79 Å². The molecule has 0 aromatic rings. The number of halogens is 3. The van der Waals surface area contributed by atoms with Crippen molar-refractivity contribution in [3.63, 3.8) is 0 Å². The molecule has 0 N–H and O–H groups in total. The Bertz CT molecular complexity index is 243. The molecule has 0 aromatic carbocycles. The first kappa shape index (κ1) is 10.7. The molecule has 1 fully saturated rings. The highest BCUT2D eigenvalue weighted by Crippen LogP contribution is 2.60. The lowest BCUT2D eigenvalue weighted by atomic mass is 10.1. The Morgan fingerprint density at radius 2 is 2.00 bits per heavy atom. The number of allylic oxidation sites excluding steroid dienone is 1. The van der Waals surface area contributed by atoms with Crippen LogP contribution in [-0.2, 0) is 4.79 Å². The fraction of sp³-hybridized carbons (Fsp3) is 0.625. The van der Waals surface area contributed by atoms with Crippen LogP contribution in [0.4, 0.5) is 0 Å². The molecule has 1 rings (SSSR count). The van der Waals surface area contributed by atoms with E-state index in [-0.39, 0.29) is 22.5 Å². The van der Waals surface area contributed by atoms with Gasteiger partial charge < -0.3 is 0 Å². The van der Waals surface area contributed by atoms with Crippen LogP contribution in [0.1, 0.15) is 13.8 Å². The Morgan fingerprint density at radius 3 is 2.25 bits per heavy atom. The quantitative estimate of drug-likeness (QED) is 0.711. The Kier molecular flexibility index (Phi) is 3.07. The third-order valence-corrected chi connectivity index (χ3v) is 3.22. The molecule has 12 heavy (non-hydrogen) atoms. The van der Waals surface area contributed by atoms with Gasteiger partial charge in [-0.2, -0.15) is 0 Å². The van der Waals surface area contributed by atoms with Gasteiger partial charge in [0.15, 0.2) is 0 Å². The van der Waals surface area contributed by atoms with Gasteiger partial charge >= 0.3 is 0 Å². The zero-order valence-electron chi connectivity index (χ0n) is 6.77. The molecular weight excluding hydrogens is 307 g/mol.